The Labute approximate surface area is 118 Å². The molecule has 5 heteroatoms. The molecule has 1 aromatic rings. The smallest absolute Gasteiger partial charge is 0.326 e. The molecule has 0 fully saturated rings. The fourth-order valence-corrected chi connectivity index (χ4v) is 1.80. The van der Waals surface area contributed by atoms with E-state index in [-0.39, 0.29) is 12.1 Å². The summed E-state index contributed by atoms with van der Waals surface area (Å²) in [4.78, 5) is 14.1. The average molecular weight is 270 g/mol. The summed E-state index contributed by atoms with van der Waals surface area (Å²) in [7, 11) is 0. The normalized spacial score (nSPS) is 13.4. The summed E-state index contributed by atoms with van der Waals surface area (Å²) in [5, 5.41) is 6.83. The Bertz CT molecular complexity index is 546. The first-order chi connectivity index (χ1) is 9.68. The number of nitrogens with one attached hydrogen (secondary N) is 2. The molecule has 0 bridgehead atoms. The van der Waals surface area contributed by atoms with Crippen molar-refractivity contribution < 1.29 is 4.79 Å². The first kappa shape index (κ1) is 13.9. The Morgan fingerprint density at radius 3 is 2.75 bits per heavy atom. The van der Waals surface area contributed by atoms with Crippen LogP contribution in [0.25, 0.3) is 0 Å². The van der Waals surface area contributed by atoms with Crippen LogP contribution < -0.4 is 15.6 Å². The van der Waals surface area contributed by atoms with Gasteiger partial charge in [-0.2, -0.15) is 5.10 Å². The van der Waals surface area contributed by atoms with Crippen LogP contribution in [0, 0.1) is 0 Å². The zero-order valence-corrected chi connectivity index (χ0v) is 11.6. The second-order valence-electron chi connectivity index (χ2n) is 4.61. The predicted molar refractivity (Wildman–Crippen MR) is 81.4 cm³/mol. The minimum atomic E-state index is -0.169. The number of nitrogens with zero attached hydrogens (tertiary/aromatic N) is 2. The van der Waals surface area contributed by atoms with E-state index in [1.54, 1.807) is 29.5 Å². The van der Waals surface area contributed by atoms with Crippen molar-refractivity contribution in [3.8, 4) is 0 Å². The van der Waals surface area contributed by atoms with Gasteiger partial charge in [0.2, 0.25) is 0 Å². The van der Waals surface area contributed by atoms with E-state index < -0.39 is 0 Å². The minimum Gasteiger partial charge on any atom is -0.335 e. The molecule has 0 saturated carbocycles. The summed E-state index contributed by atoms with van der Waals surface area (Å²) < 4.78 is 0. The van der Waals surface area contributed by atoms with Crippen molar-refractivity contribution in [3.05, 3.63) is 54.4 Å². The van der Waals surface area contributed by atoms with Crippen LogP contribution in [-0.4, -0.2) is 18.3 Å². The molecule has 0 atom stereocenters. The van der Waals surface area contributed by atoms with E-state index in [1.165, 1.54) is 0 Å². The SMILES string of the molecule is CC(C)NC(=O)N(C1=CC=NNC=C1)c1ccccc1. The lowest BCUT2D eigenvalue weighted by atomic mass is 10.2. The van der Waals surface area contributed by atoms with Crippen LogP contribution in [0.5, 0.6) is 0 Å². The van der Waals surface area contributed by atoms with E-state index in [0.717, 1.165) is 11.4 Å². The lowest BCUT2D eigenvalue weighted by Gasteiger charge is -2.25. The highest BCUT2D eigenvalue weighted by Gasteiger charge is 2.19. The van der Waals surface area contributed by atoms with Crippen molar-refractivity contribution in [1.82, 2.24) is 10.7 Å². The molecule has 1 aliphatic rings. The van der Waals surface area contributed by atoms with Crippen LogP contribution in [0.1, 0.15) is 13.8 Å². The summed E-state index contributed by atoms with van der Waals surface area (Å²) in [5.41, 5.74) is 4.28. The van der Waals surface area contributed by atoms with Crippen molar-refractivity contribution in [3.63, 3.8) is 0 Å². The summed E-state index contributed by atoms with van der Waals surface area (Å²) in [5.74, 6) is 0. The van der Waals surface area contributed by atoms with Gasteiger partial charge in [-0.15, -0.1) is 0 Å². The number of para-hydroxylation sites is 1. The second kappa shape index (κ2) is 6.56. The van der Waals surface area contributed by atoms with Crippen molar-refractivity contribution in [2.75, 3.05) is 4.90 Å². The molecule has 2 rings (SSSR count). The number of hydrogen-bond donors (Lipinski definition) is 2. The highest BCUT2D eigenvalue weighted by atomic mass is 16.2. The van der Waals surface area contributed by atoms with Gasteiger partial charge in [-0.1, -0.05) is 18.2 Å². The van der Waals surface area contributed by atoms with Crippen LogP contribution in [-0.2, 0) is 0 Å². The van der Waals surface area contributed by atoms with E-state index in [1.807, 2.05) is 44.2 Å². The number of urea groups is 1. The van der Waals surface area contributed by atoms with Gasteiger partial charge in [0, 0.05) is 18.5 Å². The topological polar surface area (TPSA) is 56.7 Å². The fourth-order valence-electron chi connectivity index (χ4n) is 1.80. The van der Waals surface area contributed by atoms with Crippen LogP contribution >= 0.6 is 0 Å². The lowest BCUT2D eigenvalue weighted by Crippen LogP contribution is -2.42. The standard InChI is InChI=1S/C15H18N4O/c1-12(2)18-15(20)19(13-6-4-3-5-7-13)14-8-10-16-17-11-9-14/h3-12,16H,1-2H3,(H,18,20). The molecule has 0 aliphatic carbocycles. The Balaban J connectivity index is 2.36. The maximum Gasteiger partial charge on any atom is 0.326 e. The quantitative estimate of drug-likeness (QED) is 0.887. The van der Waals surface area contributed by atoms with Crippen LogP contribution in [0.4, 0.5) is 10.5 Å². The Kier molecular flexibility index (Phi) is 4.55. The monoisotopic (exact) mass is 270 g/mol. The number of allylic oxidation sites excluding steroid dienone is 2. The second-order valence-corrected chi connectivity index (χ2v) is 4.61. The van der Waals surface area contributed by atoms with Crippen molar-refractivity contribution >= 4 is 17.9 Å². The molecular weight excluding hydrogens is 252 g/mol. The molecular formula is C15H18N4O. The van der Waals surface area contributed by atoms with Crippen molar-refractivity contribution in [2.24, 2.45) is 5.10 Å². The van der Waals surface area contributed by atoms with Gasteiger partial charge in [-0.3, -0.25) is 10.3 Å². The van der Waals surface area contributed by atoms with Gasteiger partial charge in [-0.25, -0.2) is 4.79 Å². The van der Waals surface area contributed by atoms with Gasteiger partial charge in [0.1, 0.15) is 0 Å². The van der Waals surface area contributed by atoms with Gasteiger partial charge >= 0.3 is 6.03 Å². The highest BCUT2D eigenvalue weighted by Crippen LogP contribution is 2.20. The largest absolute Gasteiger partial charge is 0.335 e. The first-order valence-corrected chi connectivity index (χ1v) is 6.49. The van der Waals surface area contributed by atoms with E-state index in [0.29, 0.717) is 0 Å². The number of benzene rings is 1. The number of rotatable bonds is 3. The van der Waals surface area contributed by atoms with Crippen molar-refractivity contribution in [1.29, 1.82) is 0 Å². The number of carbonyl (C=O) groups excluding carboxylic acids is 1. The third-order valence-electron chi connectivity index (χ3n) is 2.61. The molecule has 20 heavy (non-hydrogen) atoms. The van der Waals surface area contributed by atoms with Gasteiger partial charge in [0.05, 0.1) is 11.4 Å². The molecule has 0 saturated heterocycles. The summed E-state index contributed by atoms with van der Waals surface area (Å²) in [6.45, 7) is 3.86. The number of hydrazone groups is 1. The molecule has 1 aromatic carbocycles. The van der Waals surface area contributed by atoms with E-state index >= 15 is 0 Å². The van der Waals surface area contributed by atoms with Gasteiger partial charge in [0.25, 0.3) is 0 Å². The molecule has 2 N–H and O–H groups in total. The molecule has 1 heterocycles. The molecule has 5 nitrogen and oxygen atoms in total. The molecule has 0 aromatic heterocycles. The highest BCUT2D eigenvalue weighted by molar-refractivity contribution is 5.97. The van der Waals surface area contributed by atoms with Gasteiger partial charge < -0.3 is 5.32 Å². The molecule has 0 radical (unpaired) electrons. The fraction of sp³-hybridized carbons (Fsp3) is 0.200. The molecule has 0 spiro atoms. The first-order valence-electron chi connectivity index (χ1n) is 6.49. The zero-order valence-electron chi connectivity index (χ0n) is 11.6. The number of anilines is 1. The lowest BCUT2D eigenvalue weighted by molar-refractivity contribution is 0.245. The number of amides is 2. The maximum atomic E-state index is 12.4. The van der Waals surface area contributed by atoms with Gasteiger partial charge in [0.15, 0.2) is 0 Å². The number of carbonyl (C=O) groups is 1. The summed E-state index contributed by atoms with van der Waals surface area (Å²) >= 11 is 0. The van der Waals surface area contributed by atoms with E-state index in [4.69, 9.17) is 0 Å². The third kappa shape index (κ3) is 3.47. The average Bonchev–Trinajstić information content (AvgIpc) is 2.68. The van der Waals surface area contributed by atoms with E-state index in [9.17, 15) is 4.79 Å². The number of hydrogen-bond acceptors (Lipinski definition) is 3. The van der Waals surface area contributed by atoms with E-state index in [2.05, 4.69) is 15.8 Å². The third-order valence-corrected chi connectivity index (χ3v) is 2.61. The summed E-state index contributed by atoms with van der Waals surface area (Å²) in [6, 6.07) is 9.40. The Morgan fingerprint density at radius 1 is 1.30 bits per heavy atom. The van der Waals surface area contributed by atoms with Crippen molar-refractivity contribution in [2.45, 2.75) is 19.9 Å². The Morgan fingerprint density at radius 2 is 2.05 bits per heavy atom. The molecule has 1 aliphatic heterocycles. The van der Waals surface area contributed by atoms with Gasteiger partial charge in [-0.05, 0) is 38.1 Å². The zero-order chi connectivity index (χ0) is 14.4. The maximum absolute atomic E-state index is 12.4. The minimum absolute atomic E-state index is 0.0656. The predicted octanol–water partition coefficient (Wildman–Crippen LogP) is 2.60. The molecule has 104 valence electrons. The van der Waals surface area contributed by atoms with Crippen LogP contribution in [0.3, 0.4) is 0 Å². The van der Waals surface area contributed by atoms with Crippen LogP contribution in [0.15, 0.2) is 59.5 Å². The Hall–Kier alpha value is -2.56. The molecule has 2 amide bonds. The molecule has 0 unspecified atom stereocenters. The summed E-state index contributed by atoms with van der Waals surface area (Å²) in [6.07, 6.45) is 6.89. The van der Waals surface area contributed by atoms with Crippen LogP contribution in [0.2, 0.25) is 0 Å².